The largest absolute Gasteiger partial charge is 0.477 e. The maximum absolute atomic E-state index is 9.03. The van der Waals surface area contributed by atoms with E-state index in [4.69, 9.17) is 9.84 Å². The molecule has 2 rings (SSSR count). The summed E-state index contributed by atoms with van der Waals surface area (Å²) in [6.07, 6.45) is 3.86. The van der Waals surface area contributed by atoms with E-state index in [0.29, 0.717) is 17.5 Å². The van der Waals surface area contributed by atoms with Crippen LogP contribution >= 0.6 is 15.9 Å². The van der Waals surface area contributed by atoms with E-state index in [1.807, 2.05) is 12.1 Å². The Balaban J connectivity index is 1.95. The standard InChI is InChI=1S/C11H14BrNO2/c12-9-4-5-11(13-10(9)6-14)15-7-8-2-1-3-8/h4-5,8,14H,1-3,6-7H2. The van der Waals surface area contributed by atoms with Crippen LogP contribution in [-0.2, 0) is 6.61 Å². The van der Waals surface area contributed by atoms with E-state index in [-0.39, 0.29) is 6.61 Å². The molecule has 0 unspecified atom stereocenters. The number of halogens is 1. The van der Waals surface area contributed by atoms with Gasteiger partial charge in [0.15, 0.2) is 0 Å². The zero-order valence-electron chi connectivity index (χ0n) is 8.45. The molecule has 15 heavy (non-hydrogen) atoms. The van der Waals surface area contributed by atoms with Crippen LogP contribution in [0, 0.1) is 5.92 Å². The third-order valence-corrected chi connectivity index (χ3v) is 3.46. The first-order valence-corrected chi connectivity index (χ1v) is 5.98. The molecular formula is C11H14BrNO2. The fraction of sp³-hybridized carbons (Fsp3) is 0.545. The van der Waals surface area contributed by atoms with Gasteiger partial charge in [-0.1, -0.05) is 6.42 Å². The molecule has 82 valence electrons. The maximum atomic E-state index is 9.03. The van der Waals surface area contributed by atoms with Crippen molar-refractivity contribution >= 4 is 15.9 Å². The van der Waals surface area contributed by atoms with Crippen molar-refractivity contribution in [1.29, 1.82) is 0 Å². The predicted molar refractivity (Wildman–Crippen MR) is 60.7 cm³/mol. The molecule has 0 aromatic carbocycles. The number of rotatable bonds is 4. The fourth-order valence-electron chi connectivity index (χ4n) is 1.52. The van der Waals surface area contributed by atoms with E-state index in [1.165, 1.54) is 19.3 Å². The van der Waals surface area contributed by atoms with E-state index in [2.05, 4.69) is 20.9 Å². The molecule has 0 spiro atoms. The molecule has 1 heterocycles. The SMILES string of the molecule is OCc1nc(OCC2CCC2)ccc1Br. The lowest BCUT2D eigenvalue weighted by Crippen LogP contribution is -2.19. The van der Waals surface area contributed by atoms with Crippen molar-refractivity contribution in [1.82, 2.24) is 4.98 Å². The quantitative estimate of drug-likeness (QED) is 0.915. The number of ether oxygens (including phenoxy) is 1. The predicted octanol–water partition coefficient (Wildman–Crippen LogP) is 2.52. The second kappa shape index (κ2) is 4.94. The lowest BCUT2D eigenvalue weighted by Gasteiger charge is -2.24. The summed E-state index contributed by atoms with van der Waals surface area (Å²) in [6.45, 7) is 0.681. The van der Waals surface area contributed by atoms with Gasteiger partial charge < -0.3 is 9.84 Å². The van der Waals surface area contributed by atoms with Crippen molar-refractivity contribution in [2.45, 2.75) is 25.9 Å². The molecule has 1 saturated carbocycles. The molecule has 3 nitrogen and oxygen atoms in total. The van der Waals surface area contributed by atoms with Crippen molar-refractivity contribution in [3.8, 4) is 5.88 Å². The van der Waals surface area contributed by atoms with E-state index < -0.39 is 0 Å². The number of hydrogen-bond acceptors (Lipinski definition) is 3. The first kappa shape index (κ1) is 10.9. The van der Waals surface area contributed by atoms with Crippen LogP contribution in [0.25, 0.3) is 0 Å². The second-order valence-corrected chi connectivity index (χ2v) is 4.70. The molecular weight excluding hydrogens is 258 g/mol. The van der Waals surface area contributed by atoms with Crippen LogP contribution in [-0.4, -0.2) is 16.7 Å². The molecule has 1 aliphatic rings. The van der Waals surface area contributed by atoms with Gasteiger partial charge in [-0.3, -0.25) is 0 Å². The smallest absolute Gasteiger partial charge is 0.213 e. The Kier molecular flexibility index (Phi) is 3.59. The average molecular weight is 272 g/mol. The zero-order chi connectivity index (χ0) is 10.7. The van der Waals surface area contributed by atoms with E-state index in [0.717, 1.165) is 11.1 Å². The van der Waals surface area contributed by atoms with Crippen LogP contribution in [0.4, 0.5) is 0 Å². The molecule has 0 aliphatic heterocycles. The van der Waals surface area contributed by atoms with Crippen LogP contribution in [0.3, 0.4) is 0 Å². The zero-order valence-corrected chi connectivity index (χ0v) is 10.0. The van der Waals surface area contributed by atoms with E-state index >= 15 is 0 Å². The molecule has 0 atom stereocenters. The monoisotopic (exact) mass is 271 g/mol. The number of pyridine rings is 1. The molecule has 1 fully saturated rings. The summed E-state index contributed by atoms with van der Waals surface area (Å²) in [5, 5.41) is 9.03. The van der Waals surface area contributed by atoms with E-state index in [1.54, 1.807) is 0 Å². The molecule has 0 amide bonds. The second-order valence-electron chi connectivity index (χ2n) is 3.84. The minimum Gasteiger partial charge on any atom is -0.477 e. The number of aliphatic hydroxyl groups is 1. The third kappa shape index (κ3) is 2.69. The highest BCUT2D eigenvalue weighted by Gasteiger charge is 2.18. The molecule has 1 aromatic heterocycles. The van der Waals surface area contributed by atoms with Gasteiger partial charge in [-0.15, -0.1) is 0 Å². The Morgan fingerprint density at radius 1 is 1.47 bits per heavy atom. The normalized spacial score (nSPS) is 16.1. The Bertz CT molecular complexity index is 339. The Labute approximate surface area is 97.6 Å². The minimum absolute atomic E-state index is 0.0682. The van der Waals surface area contributed by atoms with Gasteiger partial charge in [0.05, 0.1) is 18.9 Å². The number of aromatic nitrogens is 1. The van der Waals surface area contributed by atoms with Crippen molar-refractivity contribution < 1.29 is 9.84 Å². The van der Waals surface area contributed by atoms with Gasteiger partial charge >= 0.3 is 0 Å². The minimum atomic E-state index is -0.0682. The molecule has 1 aromatic rings. The van der Waals surface area contributed by atoms with Gasteiger partial charge in [-0.05, 0) is 40.8 Å². The maximum Gasteiger partial charge on any atom is 0.213 e. The topological polar surface area (TPSA) is 42.4 Å². The van der Waals surface area contributed by atoms with Gasteiger partial charge in [0.1, 0.15) is 0 Å². The van der Waals surface area contributed by atoms with Crippen LogP contribution < -0.4 is 4.74 Å². The lowest BCUT2D eigenvalue weighted by atomic mass is 9.86. The molecule has 1 aliphatic carbocycles. The van der Waals surface area contributed by atoms with Gasteiger partial charge in [0.2, 0.25) is 5.88 Å². The summed E-state index contributed by atoms with van der Waals surface area (Å²) in [7, 11) is 0. The van der Waals surface area contributed by atoms with Gasteiger partial charge in [-0.25, -0.2) is 4.98 Å². The third-order valence-electron chi connectivity index (χ3n) is 2.73. The number of nitrogens with zero attached hydrogens (tertiary/aromatic N) is 1. The van der Waals surface area contributed by atoms with Crippen LogP contribution in [0.1, 0.15) is 25.0 Å². The molecule has 0 radical (unpaired) electrons. The summed E-state index contributed by atoms with van der Waals surface area (Å²) < 4.78 is 6.38. The Hall–Kier alpha value is -0.610. The molecule has 0 bridgehead atoms. The molecule has 4 heteroatoms. The van der Waals surface area contributed by atoms with E-state index in [9.17, 15) is 0 Å². The van der Waals surface area contributed by atoms with Crippen LogP contribution in [0.15, 0.2) is 16.6 Å². The summed E-state index contributed by atoms with van der Waals surface area (Å²) in [6, 6.07) is 3.68. The Morgan fingerprint density at radius 2 is 2.27 bits per heavy atom. The number of aliphatic hydroxyl groups excluding tert-OH is 1. The summed E-state index contributed by atoms with van der Waals surface area (Å²) >= 11 is 3.32. The van der Waals surface area contributed by atoms with Gasteiger partial charge in [0, 0.05) is 10.5 Å². The van der Waals surface area contributed by atoms with Crippen molar-refractivity contribution in [2.75, 3.05) is 6.61 Å². The molecule has 0 saturated heterocycles. The summed E-state index contributed by atoms with van der Waals surface area (Å²) in [4.78, 5) is 4.20. The van der Waals surface area contributed by atoms with Crippen molar-refractivity contribution in [3.63, 3.8) is 0 Å². The highest BCUT2D eigenvalue weighted by molar-refractivity contribution is 9.10. The highest BCUT2D eigenvalue weighted by atomic mass is 79.9. The number of hydrogen-bond donors (Lipinski definition) is 1. The first-order chi connectivity index (χ1) is 7.29. The summed E-state index contributed by atoms with van der Waals surface area (Å²) in [5.74, 6) is 1.31. The van der Waals surface area contributed by atoms with Crippen LogP contribution in [0.2, 0.25) is 0 Å². The van der Waals surface area contributed by atoms with Gasteiger partial charge in [0.25, 0.3) is 0 Å². The average Bonchev–Trinajstić information content (AvgIpc) is 2.18. The van der Waals surface area contributed by atoms with Crippen molar-refractivity contribution in [3.05, 3.63) is 22.3 Å². The van der Waals surface area contributed by atoms with Crippen LogP contribution in [0.5, 0.6) is 5.88 Å². The lowest BCUT2D eigenvalue weighted by molar-refractivity contribution is 0.174. The Morgan fingerprint density at radius 3 is 2.87 bits per heavy atom. The molecule has 1 N–H and O–H groups in total. The summed E-state index contributed by atoms with van der Waals surface area (Å²) in [5.41, 5.74) is 0.626. The first-order valence-electron chi connectivity index (χ1n) is 5.18. The fourth-order valence-corrected chi connectivity index (χ4v) is 1.86. The highest BCUT2D eigenvalue weighted by Crippen LogP contribution is 2.27. The van der Waals surface area contributed by atoms with Crippen molar-refractivity contribution in [2.24, 2.45) is 5.92 Å². The van der Waals surface area contributed by atoms with Gasteiger partial charge in [-0.2, -0.15) is 0 Å².